The van der Waals surface area contributed by atoms with Crippen LogP contribution in [0.5, 0.6) is 0 Å². The monoisotopic (exact) mass is 370 g/mol. The van der Waals surface area contributed by atoms with Gasteiger partial charge in [0.25, 0.3) is 5.91 Å². The Hall–Kier alpha value is -2.70. The number of nitrogens with zero attached hydrogens (tertiary/aromatic N) is 2. The summed E-state index contributed by atoms with van der Waals surface area (Å²) in [4.78, 5) is 25.1. The maximum atomic E-state index is 13.3. The number of hydrogen-bond donors (Lipinski definition) is 2. The van der Waals surface area contributed by atoms with Gasteiger partial charge in [0.1, 0.15) is 11.9 Å². The summed E-state index contributed by atoms with van der Waals surface area (Å²) in [7, 11) is 0. The molecule has 27 heavy (non-hydrogen) atoms. The van der Waals surface area contributed by atoms with Crippen LogP contribution in [0.4, 0.5) is 4.39 Å². The van der Waals surface area contributed by atoms with Crippen molar-refractivity contribution in [2.24, 2.45) is 0 Å². The second-order valence-electron chi connectivity index (χ2n) is 7.18. The number of halogens is 1. The van der Waals surface area contributed by atoms with E-state index in [1.165, 1.54) is 12.1 Å². The number of nitrogens with one attached hydrogen (secondary N) is 2. The number of carbonyl (C=O) groups is 2. The topological polar surface area (TPSA) is 76.0 Å². The lowest BCUT2D eigenvalue weighted by molar-refractivity contribution is -0.122. The van der Waals surface area contributed by atoms with Crippen molar-refractivity contribution in [2.45, 2.75) is 51.0 Å². The van der Waals surface area contributed by atoms with E-state index in [9.17, 15) is 14.0 Å². The van der Waals surface area contributed by atoms with E-state index in [0.29, 0.717) is 18.7 Å². The number of carbonyl (C=O) groups excluding carboxylic acids is 2. The van der Waals surface area contributed by atoms with Gasteiger partial charge < -0.3 is 10.6 Å². The Bertz CT molecular complexity index is 860. The second-order valence-corrected chi connectivity index (χ2v) is 7.18. The van der Waals surface area contributed by atoms with Crippen LogP contribution in [-0.4, -0.2) is 34.2 Å². The molecule has 2 aliphatic rings. The Kier molecular flexibility index (Phi) is 4.92. The zero-order valence-corrected chi connectivity index (χ0v) is 15.1. The Labute approximate surface area is 157 Å². The van der Waals surface area contributed by atoms with Crippen molar-refractivity contribution in [3.8, 4) is 5.69 Å². The highest BCUT2D eigenvalue weighted by atomic mass is 19.1. The number of rotatable bonds is 3. The van der Waals surface area contributed by atoms with E-state index >= 15 is 0 Å². The Balaban J connectivity index is 1.65. The van der Waals surface area contributed by atoms with Gasteiger partial charge in [0.15, 0.2) is 5.69 Å². The predicted molar refractivity (Wildman–Crippen MR) is 98.3 cm³/mol. The second kappa shape index (κ2) is 7.50. The normalized spacial score (nSPS) is 19.7. The van der Waals surface area contributed by atoms with Crippen LogP contribution in [-0.2, 0) is 17.6 Å². The average molecular weight is 370 g/mol. The van der Waals surface area contributed by atoms with E-state index in [2.05, 4.69) is 15.7 Å². The Morgan fingerprint density at radius 1 is 1.15 bits per heavy atom. The maximum absolute atomic E-state index is 13.3. The molecule has 0 spiro atoms. The first-order chi connectivity index (χ1) is 13.1. The highest BCUT2D eigenvalue weighted by Gasteiger charge is 2.29. The molecular formula is C20H23FN4O2. The van der Waals surface area contributed by atoms with Crippen LogP contribution in [0.1, 0.15) is 53.8 Å². The van der Waals surface area contributed by atoms with Gasteiger partial charge in [0.2, 0.25) is 5.91 Å². The van der Waals surface area contributed by atoms with Crippen molar-refractivity contribution < 1.29 is 14.0 Å². The van der Waals surface area contributed by atoms with Gasteiger partial charge in [-0.3, -0.25) is 9.59 Å². The first-order valence-electron chi connectivity index (χ1n) is 9.59. The molecule has 1 aliphatic heterocycles. The number of benzene rings is 1. The fraction of sp³-hybridized carbons (Fsp3) is 0.450. The van der Waals surface area contributed by atoms with Crippen LogP contribution in [0.15, 0.2) is 24.3 Å². The quantitative estimate of drug-likeness (QED) is 0.870. The lowest BCUT2D eigenvalue weighted by Gasteiger charge is -2.16. The molecule has 2 aromatic rings. The number of fused-ring (bicyclic) bond motifs is 1. The lowest BCUT2D eigenvalue weighted by atomic mass is 9.95. The molecule has 0 saturated carbocycles. The van der Waals surface area contributed by atoms with Gasteiger partial charge in [-0.05, 0) is 69.2 Å². The molecule has 6 nitrogen and oxygen atoms in total. The molecule has 142 valence electrons. The smallest absolute Gasteiger partial charge is 0.272 e. The van der Waals surface area contributed by atoms with E-state index in [4.69, 9.17) is 0 Å². The van der Waals surface area contributed by atoms with Gasteiger partial charge in [0, 0.05) is 17.8 Å². The molecule has 2 heterocycles. The maximum Gasteiger partial charge on any atom is 0.272 e. The van der Waals surface area contributed by atoms with Gasteiger partial charge >= 0.3 is 0 Å². The fourth-order valence-electron chi connectivity index (χ4n) is 3.88. The highest BCUT2D eigenvalue weighted by molar-refractivity contribution is 5.97. The number of aromatic nitrogens is 2. The molecule has 1 saturated heterocycles. The van der Waals surface area contributed by atoms with E-state index < -0.39 is 6.04 Å². The first-order valence-corrected chi connectivity index (χ1v) is 9.59. The van der Waals surface area contributed by atoms with E-state index in [0.717, 1.165) is 55.5 Å². The molecule has 2 amide bonds. The van der Waals surface area contributed by atoms with Crippen LogP contribution >= 0.6 is 0 Å². The van der Waals surface area contributed by atoms with Crippen molar-refractivity contribution in [3.05, 3.63) is 47.0 Å². The van der Waals surface area contributed by atoms with Crippen LogP contribution in [0, 0.1) is 5.82 Å². The summed E-state index contributed by atoms with van der Waals surface area (Å²) in [5.41, 5.74) is 3.06. The minimum Gasteiger partial charge on any atom is -0.354 e. The molecule has 1 aromatic carbocycles. The van der Waals surface area contributed by atoms with Crippen molar-refractivity contribution in [1.82, 2.24) is 20.4 Å². The van der Waals surface area contributed by atoms with Gasteiger partial charge in [-0.25, -0.2) is 9.07 Å². The Morgan fingerprint density at radius 2 is 1.93 bits per heavy atom. The largest absolute Gasteiger partial charge is 0.354 e. The SMILES string of the molecule is O=C(NC1CCCCNC1=O)c1nn(-c2ccc(F)cc2)c2c1CCCC2. The molecule has 0 bridgehead atoms. The fourth-order valence-corrected chi connectivity index (χ4v) is 3.88. The molecule has 1 aliphatic carbocycles. The molecule has 2 N–H and O–H groups in total. The summed E-state index contributed by atoms with van der Waals surface area (Å²) in [6, 6.07) is 5.59. The van der Waals surface area contributed by atoms with E-state index in [1.807, 2.05) is 0 Å². The summed E-state index contributed by atoms with van der Waals surface area (Å²) in [5, 5.41) is 10.3. The summed E-state index contributed by atoms with van der Waals surface area (Å²) in [6.07, 6.45) is 6.11. The number of hydrogen-bond acceptors (Lipinski definition) is 3. The minimum absolute atomic E-state index is 0.132. The first kappa shape index (κ1) is 17.7. The zero-order valence-electron chi connectivity index (χ0n) is 15.1. The molecule has 4 rings (SSSR count). The molecule has 1 atom stereocenters. The predicted octanol–water partition coefficient (Wildman–Crippen LogP) is 2.29. The lowest BCUT2D eigenvalue weighted by Crippen LogP contribution is -2.45. The summed E-state index contributed by atoms with van der Waals surface area (Å²) < 4.78 is 15.0. The molecule has 0 radical (unpaired) electrons. The summed E-state index contributed by atoms with van der Waals surface area (Å²) in [6.45, 7) is 0.653. The van der Waals surface area contributed by atoms with Gasteiger partial charge in [0.05, 0.1) is 5.69 Å². The van der Waals surface area contributed by atoms with Crippen LogP contribution in [0.25, 0.3) is 5.69 Å². The van der Waals surface area contributed by atoms with Crippen LogP contribution in [0.3, 0.4) is 0 Å². The molecule has 1 fully saturated rings. The zero-order chi connectivity index (χ0) is 18.8. The molecular weight excluding hydrogens is 347 g/mol. The van der Waals surface area contributed by atoms with Gasteiger partial charge in [-0.2, -0.15) is 5.10 Å². The van der Waals surface area contributed by atoms with Gasteiger partial charge in [-0.1, -0.05) is 0 Å². The standard InChI is InChI=1S/C20H23FN4O2/c21-13-8-10-14(11-9-13)25-17-7-2-1-5-15(17)18(24-25)20(27)23-16-6-3-4-12-22-19(16)26/h8-11,16H,1-7,12H2,(H,22,26)(H,23,27). The summed E-state index contributed by atoms with van der Waals surface area (Å²) >= 11 is 0. The average Bonchev–Trinajstić information content (AvgIpc) is 2.95. The van der Waals surface area contributed by atoms with Crippen LogP contribution in [0.2, 0.25) is 0 Å². The third-order valence-electron chi connectivity index (χ3n) is 5.31. The van der Waals surface area contributed by atoms with E-state index in [1.54, 1.807) is 16.8 Å². The Morgan fingerprint density at radius 3 is 2.74 bits per heavy atom. The molecule has 1 aromatic heterocycles. The van der Waals surface area contributed by atoms with Crippen molar-refractivity contribution in [1.29, 1.82) is 0 Å². The van der Waals surface area contributed by atoms with Crippen molar-refractivity contribution >= 4 is 11.8 Å². The van der Waals surface area contributed by atoms with Crippen molar-refractivity contribution in [3.63, 3.8) is 0 Å². The van der Waals surface area contributed by atoms with E-state index in [-0.39, 0.29) is 17.6 Å². The molecule has 7 heteroatoms. The number of amides is 2. The minimum atomic E-state index is -0.518. The molecule has 1 unspecified atom stereocenters. The third kappa shape index (κ3) is 3.59. The highest BCUT2D eigenvalue weighted by Crippen LogP contribution is 2.27. The third-order valence-corrected chi connectivity index (χ3v) is 5.31. The summed E-state index contributed by atoms with van der Waals surface area (Å²) in [5.74, 6) is -0.749. The van der Waals surface area contributed by atoms with Gasteiger partial charge in [-0.15, -0.1) is 0 Å². The van der Waals surface area contributed by atoms with Crippen molar-refractivity contribution in [2.75, 3.05) is 6.54 Å². The van der Waals surface area contributed by atoms with Crippen LogP contribution < -0.4 is 10.6 Å².